The van der Waals surface area contributed by atoms with Crippen LogP contribution in [0, 0.1) is 0 Å². The van der Waals surface area contributed by atoms with E-state index >= 15 is 0 Å². The Balaban J connectivity index is 1.86. The highest BCUT2D eigenvalue weighted by Crippen LogP contribution is 2.30. The average Bonchev–Trinajstić information content (AvgIpc) is 3.05. The van der Waals surface area contributed by atoms with Crippen LogP contribution in [0.2, 0.25) is 0 Å². The summed E-state index contributed by atoms with van der Waals surface area (Å²) in [5.41, 5.74) is 1.77. The fourth-order valence-electron chi connectivity index (χ4n) is 1.82. The quantitative estimate of drug-likeness (QED) is 0.725. The first-order chi connectivity index (χ1) is 9.38. The molecule has 0 aliphatic carbocycles. The minimum Gasteiger partial charge on any atom is -0.464 e. The third kappa shape index (κ3) is 2.45. The third-order valence-electron chi connectivity index (χ3n) is 2.73. The summed E-state index contributed by atoms with van der Waals surface area (Å²) in [6.45, 7) is 1.36. The number of methoxy groups -OCH3 is 1. The van der Waals surface area contributed by atoms with Gasteiger partial charge in [-0.3, -0.25) is 0 Å². The van der Waals surface area contributed by atoms with E-state index < -0.39 is 0 Å². The molecule has 0 amide bonds. The molecule has 0 aliphatic rings. The number of nitrogens with one attached hydrogen (secondary N) is 1. The van der Waals surface area contributed by atoms with Crippen LogP contribution >= 0.6 is 11.5 Å². The Labute approximate surface area is 114 Å². The Hall–Kier alpha value is -1.92. The molecule has 0 aliphatic heterocycles. The number of furan rings is 1. The molecule has 19 heavy (non-hydrogen) atoms. The van der Waals surface area contributed by atoms with Crippen molar-refractivity contribution in [1.29, 1.82) is 0 Å². The fraction of sp³-hybridized carbons (Fsp3) is 0.231. The number of fused-ring (bicyclic) bond motifs is 1. The van der Waals surface area contributed by atoms with Gasteiger partial charge in [0, 0.05) is 30.6 Å². The topological polar surface area (TPSA) is 60.2 Å². The molecule has 0 unspecified atom stereocenters. The summed E-state index contributed by atoms with van der Waals surface area (Å²) in [5, 5.41) is 4.99. The third-order valence-corrected chi connectivity index (χ3v) is 3.40. The number of hydrogen-bond acceptors (Lipinski definition) is 6. The van der Waals surface area contributed by atoms with Gasteiger partial charge in [-0.25, -0.2) is 0 Å². The molecule has 5 nitrogen and oxygen atoms in total. The van der Waals surface area contributed by atoms with Crippen LogP contribution in [0.1, 0.15) is 0 Å². The van der Waals surface area contributed by atoms with Crippen LogP contribution < -0.4 is 5.32 Å². The van der Waals surface area contributed by atoms with Crippen molar-refractivity contribution in [2.75, 3.05) is 25.6 Å². The van der Waals surface area contributed by atoms with Gasteiger partial charge >= 0.3 is 0 Å². The number of rotatable bonds is 5. The van der Waals surface area contributed by atoms with E-state index in [-0.39, 0.29) is 0 Å². The van der Waals surface area contributed by atoms with Crippen molar-refractivity contribution in [1.82, 2.24) is 9.36 Å². The van der Waals surface area contributed by atoms with Gasteiger partial charge in [0.05, 0.1) is 12.2 Å². The molecule has 0 fully saturated rings. The van der Waals surface area contributed by atoms with E-state index in [1.165, 1.54) is 11.5 Å². The number of aromatic nitrogens is 2. The van der Waals surface area contributed by atoms with Crippen molar-refractivity contribution < 1.29 is 9.15 Å². The maximum atomic E-state index is 5.50. The Bertz CT molecular complexity index is 677. The summed E-state index contributed by atoms with van der Waals surface area (Å²) < 4.78 is 14.8. The summed E-state index contributed by atoms with van der Waals surface area (Å²) in [4.78, 5) is 4.46. The smallest absolute Gasteiger partial charge is 0.202 e. The van der Waals surface area contributed by atoms with Gasteiger partial charge in [-0.1, -0.05) is 18.2 Å². The maximum Gasteiger partial charge on any atom is 0.202 e. The number of para-hydroxylation sites is 1. The van der Waals surface area contributed by atoms with Gasteiger partial charge < -0.3 is 14.5 Å². The Morgan fingerprint density at radius 2 is 2.26 bits per heavy atom. The lowest BCUT2D eigenvalue weighted by Gasteiger charge is -1.98. The predicted octanol–water partition coefficient (Wildman–Crippen LogP) is 3.01. The van der Waals surface area contributed by atoms with Crippen molar-refractivity contribution in [3.05, 3.63) is 30.5 Å². The number of anilines is 1. The Morgan fingerprint density at radius 3 is 3.16 bits per heavy atom. The van der Waals surface area contributed by atoms with Crippen LogP contribution in [0.15, 0.2) is 34.9 Å². The first-order valence-electron chi connectivity index (χ1n) is 5.91. The number of ether oxygens (including phenoxy) is 1. The first kappa shape index (κ1) is 12.1. The molecule has 3 rings (SSSR count). The van der Waals surface area contributed by atoms with E-state index in [4.69, 9.17) is 9.15 Å². The van der Waals surface area contributed by atoms with Gasteiger partial charge in [0.1, 0.15) is 11.8 Å². The predicted molar refractivity (Wildman–Crippen MR) is 75.5 cm³/mol. The van der Waals surface area contributed by atoms with Crippen LogP contribution in [0.4, 0.5) is 5.13 Å². The Kier molecular flexibility index (Phi) is 3.43. The molecule has 0 bridgehead atoms. The molecule has 3 aromatic rings. The zero-order valence-electron chi connectivity index (χ0n) is 10.4. The lowest BCUT2D eigenvalue weighted by atomic mass is 10.2. The first-order valence-corrected chi connectivity index (χ1v) is 6.69. The van der Waals surface area contributed by atoms with Gasteiger partial charge in [-0.2, -0.15) is 9.36 Å². The van der Waals surface area contributed by atoms with E-state index in [2.05, 4.69) is 14.7 Å². The van der Waals surface area contributed by atoms with Crippen LogP contribution in [-0.4, -0.2) is 29.6 Å². The zero-order valence-corrected chi connectivity index (χ0v) is 11.2. The molecular formula is C13H13N3O2S. The average molecular weight is 275 g/mol. The van der Waals surface area contributed by atoms with Gasteiger partial charge in [-0.15, -0.1) is 0 Å². The van der Waals surface area contributed by atoms with E-state index in [0.717, 1.165) is 28.2 Å². The van der Waals surface area contributed by atoms with Gasteiger partial charge in [0.25, 0.3) is 0 Å². The number of nitrogens with zero attached hydrogens (tertiary/aromatic N) is 2. The molecule has 1 aromatic carbocycles. The highest BCUT2D eigenvalue weighted by molar-refractivity contribution is 7.09. The van der Waals surface area contributed by atoms with Crippen molar-refractivity contribution in [2.45, 2.75) is 0 Å². The second-order valence-electron chi connectivity index (χ2n) is 3.99. The monoisotopic (exact) mass is 275 g/mol. The van der Waals surface area contributed by atoms with Crippen molar-refractivity contribution in [3.63, 3.8) is 0 Å². The number of hydrogen-bond donors (Lipinski definition) is 1. The molecule has 0 atom stereocenters. The second-order valence-corrected chi connectivity index (χ2v) is 4.74. The summed E-state index contributed by atoms with van der Waals surface area (Å²) in [6.07, 6.45) is 1.70. The normalized spacial score (nSPS) is 11.0. The summed E-state index contributed by atoms with van der Waals surface area (Å²) in [7, 11) is 1.67. The van der Waals surface area contributed by atoms with Crippen LogP contribution in [-0.2, 0) is 4.74 Å². The van der Waals surface area contributed by atoms with Gasteiger partial charge in [0.15, 0.2) is 5.82 Å². The largest absolute Gasteiger partial charge is 0.464 e. The minimum atomic E-state index is 0.642. The molecule has 0 radical (unpaired) electrons. The lowest BCUT2D eigenvalue weighted by Crippen LogP contribution is -2.06. The summed E-state index contributed by atoms with van der Waals surface area (Å²) >= 11 is 1.34. The van der Waals surface area contributed by atoms with E-state index in [0.29, 0.717) is 12.4 Å². The zero-order chi connectivity index (χ0) is 13.1. The molecule has 0 saturated heterocycles. The van der Waals surface area contributed by atoms with Crippen LogP contribution in [0.25, 0.3) is 22.4 Å². The molecule has 1 N–H and O–H groups in total. The second kappa shape index (κ2) is 5.38. The van der Waals surface area contributed by atoms with Crippen molar-refractivity contribution in [3.8, 4) is 11.4 Å². The lowest BCUT2D eigenvalue weighted by molar-refractivity contribution is 0.211. The fourth-order valence-corrected chi connectivity index (χ4v) is 2.42. The molecule has 6 heteroatoms. The summed E-state index contributed by atoms with van der Waals surface area (Å²) in [6, 6.07) is 7.86. The highest BCUT2D eigenvalue weighted by Gasteiger charge is 2.12. The molecule has 98 valence electrons. The number of benzene rings is 1. The molecule has 2 aromatic heterocycles. The van der Waals surface area contributed by atoms with Crippen LogP contribution in [0.5, 0.6) is 0 Å². The van der Waals surface area contributed by atoms with E-state index in [1.807, 2.05) is 24.3 Å². The Morgan fingerprint density at radius 1 is 1.37 bits per heavy atom. The van der Waals surface area contributed by atoms with Gasteiger partial charge in [-0.05, 0) is 6.07 Å². The minimum absolute atomic E-state index is 0.642. The summed E-state index contributed by atoms with van der Waals surface area (Å²) in [5.74, 6) is 0.690. The molecule has 0 saturated carbocycles. The van der Waals surface area contributed by atoms with Gasteiger partial charge in [0.2, 0.25) is 5.13 Å². The van der Waals surface area contributed by atoms with Crippen molar-refractivity contribution >= 4 is 27.6 Å². The van der Waals surface area contributed by atoms with E-state index in [9.17, 15) is 0 Å². The SMILES string of the molecule is COCCNc1nc(-c2coc3ccccc23)ns1. The molecule has 2 heterocycles. The standard InChI is InChI=1S/C13H13N3O2S/c1-17-7-6-14-13-15-12(16-19-13)10-8-18-11-5-3-2-4-9(10)11/h2-5,8H,6-7H2,1H3,(H,14,15,16). The molecule has 0 spiro atoms. The van der Waals surface area contributed by atoms with E-state index in [1.54, 1.807) is 13.4 Å². The highest BCUT2D eigenvalue weighted by atomic mass is 32.1. The van der Waals surface area contributed by atoms with Crippen molar-refractivity contribution in [2.24, 2.45) is 0 Å². The maximum absolute atomic E-state index is 5.50. The molecular weight excluding hydrogens is 262 g/mol. The van der Waals surface area contributed by atoms with Crippen LogP contribution in [0.3, 0.4) is 0 Å².